The first kappa shape index (κ1) is 9.36. The third-order valence-electron chi connectivity index (χ3n) is 1.81. The Morgan fingerprint density at radius 3 is 2.55 bits per heavy atom. The summed E-state index contributed by atoms with van der Waals surface area (Å²) in [6.45, 7) is 5.07. The fraction of sp³-hybridized carbons (Fsp3) is 1.00. The van der Waals surface area contributed by atoms with Crippen molar-refractivity contribution in [2.45, 2.75) is 37.5 Å². The molecule has 1 aliphatic rings. The molecule has 0 aromatic carbocycles. The molecule has 66 valence electrons. The lowest BCUT2D eigenvalue weighted by atomic mass is 10.4. The zero-order valence-electron chi connectivity index (χ0n) is 7.52. The quantitative estimate of drug-likeness (QED) is 0.644. The summed E-state index contributed by atoms with van der Waals surface area (Å²) in [6.07, 6.45) is 2.96. The van der Waals surface area contributed by atoms with E-state index in [0.29, 0.717) is 10.9 Å². The van der Waals surface area contributed by atoms with E-state index in [9.17, 15) is 0 Å². The Bertz CT molecular complexity index is 123. The second-order valence-electron chi connectivity index (χ2n) is 3.35. The first-order chi connectivity index (χ1) is 5.18. The van der Waals surface area contributed by atoms with Crippen LogP contribution in [0.5, 0.6) is 0 Å². The smallest absolute Gasteiger partial charge is 0.0629 e. The lowest BCUT2D eigenvalue weighted by molar-refractivity contribution is 0.0765. The summed E-state index contributed by atoms with van der Waals surface area (Å²) in [6, 6.07) is 0. The highest BCUT2D eigenvalue weighted by Crippen LogP contribution is 2.47. The monoisotopic (exact) mass is 175 g/mol. The largest absolute Gasteiger partial charge is 0.377 e. The molecule has 0 atom stereocenters. The third-order valence-corrected chi connectivity index (χ3v) is 2.97. The van der Waals surface area contributed by atoms with Gasteiger partial charge in [0.2, 0.25) is 0 Å². The minimum Gasteiger partial charge on any atom is -0.377 e. The SMILES string of the molecule is CNSC1(COC(C)C)CC1. The molecule has 0 bridgehead atoms. The molecule has 0 aliphatic heterocycles. The lowest BCUT2D eigenvalue weighted by Gasteiger charge is -2.15. The molecule has 1 aliphatic carbocycles. The van der Waals surface area contributed by atoms with Crippen LogP contribution in [-0.4, -0.2) is 24.5 Å². The molecule has 3 heteroatoms. The first-order valence-corrected chi connectivity index (χ1v) is 4.96. The second kappa shape index (κ2) is 3.78. The van der Waals surface area contributed by atoms with Crippen molar-refractivity contribution < 1.29 is 4.74 Å². The molecular formula is C8H17NOS. The molecule has 2 nitrogen and oxygen atoms in total. The van der Waals surface area contributed by atoms with Gasteiger partial charge in [0.1, 0.15) is 0 Å². The van der Waals surface area contributed by atoms with E-state index in [2.05, 4.69) is 18.6 Å². The molecule has 0 spiro atoms. The van der Waals surface area contributed by atoms with Gasteiger partial charge in [0.05, 0.1) is 17.5 Å². The third kappa shape index (κ3) is 3.01. The molecule has 0 aromatic heterocycles. The molecule has 1 N–H and O–H groups in total. The zero-order chi connectivity index (χ0) is 8.32. The van der Waals surface area contributed by atoms with Crippen molar-refractivity contribution in [1.29, 1.82) is 0 Å². The van der Waals surface area contributed by atoms with Crippen LogP contribution in [0, 0.1) is 0 Å². The van der Waals surface area contributed by atoms with Crippen LogP contribution in [0.2, 0.25) is 0 Å². The average Bonchev–Trinajstić information content (AvgIpc) is 2.67. The van der Waals surface area contributed by atoms with Crippen LogP contribution in [0.4, 0.5) is 0 Å². The molecule has 0 heterocycles. The van der Waals surface area contributed by atoms with Crippen LogP contribution < -0.4 is 4.72 Å². The number of rotatable bonds is 5. The fourth-order valence-corrected chi connectivity index (χ4v) is 1.82. The summed E-state index contributed by atoms with van der Waals surface area (Å²) in [4.78, 5) is 0. The van der Waals surface area contributed by atoms with Gasteiger partial charge < -0.3 is 4.74 Å². The van der Waals surface area contributed by atoms with Crippen LogP contribution in [0.15, 0.2) is 0 Å². The Morgan fingerprint density at radius 2 is 2.18 bits per heavy atom. The molecule has 0 amide bonds. The van der Waals surface area contributed by atoms with Gasteiger partial charge in [-0.05, 0) is 33.7 Å². The number of ether oxygens (including phenoxy) is 1. The van der Waals surface area contributed by atoms with Gasteiger partial charge >= 0.3 is 0 Å². The minimum atomic E-state index is 0.366. The van der Waals surface area contributed by atoms with Crippen LogP contribution in [0.25, 0.3) is 0 Å². The predicted molar refractivity (Wildman–Crippen MR) is 49.7 cm³/mol. The molecule has 1 saturated carbocycles. The Hall–Kier alpha value is 0.270. The van der Waals surface area contributed by atoms with Gasteiger partial charge in [-0.1, -0.05) is 11.9 Å². The first-order valence-electron chi connectivity index (χ1n) is 4.15. The Balaban J connectivity index is 2.14. The molecule has 0 unspecified atom stereocenters. The number of hydrogen-bond donors (Lipinski definition) is 1. The van der Waals surface area contributed by atoms with E-state index in [0.717, 1.165) is 6.61 Å². The van der Waals surface area contributed by atoms with Gasteiger partial charge in [0.15, 0.2) is 0 Å². The van der Waals surface area contributed by atoms with Gasteiger partial charge in [-0.2, -0.15) is 0 Å². The standard InChI is InChI=1S/C8H17NOS/c1-7(2)10-6-8(4-5-8)11-9-3/h7,9H,4-6H2,1-3H3. The molecule has 1 fully saturated rings. The molecule has 0 aromatic rings. The van der Waals surface area contributed by atoms with Crippen molar-refractivity contribution in [2.75, 3.05) is 13.7 Å². The molecule has 0 radical (unpaired) electrons. The highest BCUT2D eigenvalue weighted by Gasteiger charge is 2.43. The summed E-state index contributed by atoms with van der Waals surface area (Å²) >= 11 is 1.81. The van der Waals surface area contributed by atoms with E-state index >= 15 is 0 Å². The van der Waals surface area contributed by atoms with Crippen molar-refractivity contribution in [3.8, 4) is 0 Å². The maximum Gasteiger partial charge on any atom is 0.0629 e. The normalized spacial score (nSPS) is 20.7. The van der Waals surface area contributed by atoms with Crippen LogP contribution in [0.3, 0.4) is 0 Å². The predicted octanol–water partition coefficient (Wildman–Crippen LogP) is 1.81. The van der Waals surface area contributed by atoms with E-state index in [1.165, 1.54) is 12.8 Å². The summed E-state index contributed by atoms with van der Waals surface area (Å²) in [5, 5.41) is 0. The second-order valence-corrected chi connectivity index (χ2v) is 4.83. The van der Waals surface area contributed by atoms with E-state index in [-0.39, 0.29) is 0 Å². The maximum atomic E-state index is 5.56. The fourth-order valence-electron chi connectivity index (χ4n) is 0.950. The van der Waals surface area contributed by atoms with Gasteiger partial charge in [0, 0.05) is 0 Å². The van der Waals surface area contributed by atoms with Gasteiger partial charge in [-0.15, -0.1) is 0 Å². The van der Waals surface area contributed by atoms with Crippen LogP contribution >= 0.6 is 11.9 Å². The topological polar surface area (TPSA) is 21.3 Å². The zero-order valence-corrected chi connectivity index (χ0v) is 8.33. The van der Waals surface area contributed by atoms with E-state index < -0.39 is 0 Å². The van der Waals surface area contributed by atoms with E-state index in [1.807, 2.05) is 19.0 Å². The molecule has 0 saturated heterocycles. The molecule has 1 rings (SSSR count). The van der Waals surface area contributed by atoms with Gasteiger partial charge in [-0.3, -0.25) is 4.72 Å². The summed E-state index contributed by atoms with van der Waals surface area (Å²) < 4.78 is 9.11. The van der Waals surface area contributed by atoms with Crippen LogP contribution in [-0.2, 0) is 4.74 Å². The Labute approximate surface area is 73.2 Å². The van der Waals surface area contributed by atoms with Crippen molar-refractivity contribution >= 4 is 11.9 Å². The van der Waals surface area contributed by atoms with Crippen molar-refractivity contribution in [3.63, 3.8) is 0 Å². The maximum absolute atomic E-state index is 5.56. The van der Waals surface area contributed by atoms with E-state index in [4.69, 9.17) is 4.74 Å². The van der Waals surface area contributed by atoms with Crippen molar-refractivity contribution in [2.24, 2.45) is 0 Å². The summed E-state index contributed by atoms with van der Waals surface area (Å²) in [5.41, 5.74) is 0. The number of nitrogens with one attached hydrogen (secondary N) is 1. The minimum absolute atomic E-state index is 0.366. The van der Waals surface area contributed by atoms with Crippen LogP contribution in [0.1, 0.15) is 26.7 Å². The Morgan fingerprint density at radius 1 is 1.55 bits per heavy atom. The summed E-state index contributed by atoms with van der Waals surface area (Å²) in [5.74, 6) is 0. The highest BCUT2D eigenvalue weighted by atomic mass is 32.2. The lowest BCUT2D eigenvalue weighted by Crippen LogP contribution is -2.19. The molecular weight excluding hydrogens is 158 g/mol. The van der Waals surface area contributed by atoms with Gasteiger partial charge in [-0.25, -0.2) is 0 Å². The van der Waals surface area contributed by atoms with Gasteiger partial charge in [0.25, 0.3) is 0 Å². The average molecular weight is 175 g/mol. The summed E-state index contributed by atoms with van der Waals surface area (Å²) in [7, 11) is 1.97. The Kier molecular flexibility index (Phi) is 3.22. The highest BCUT2D eigenvalue weighted by molar-refractivity contribution is 7.99. The number of hydrogen-bond acceptors (Lipinski definition) is 3. The van der Waals surface area contributed by atoms with Crippen molar-refractivity contribution in [3.05, 3.63) is 0 Å². The molecule has 11 heavy (non-hydrogen) atoms. The van der Waals surface area contributed by atoms with Crippen molar-refractivity contribution in [1.82, 2.24) is 4.72 Å². The van der Waals surface area contributed by atoms with E-state index in [1.54, 1.807) is 0 Å².